The van der Waals surface area contributed by atoms with Crippen molar-refractivity contribution < 1.29 is 4.79 Å². The zero-order valence-corrected chi connectivity index (χ0v) is 15.8. The number of rotatable bonds is 5. The molecule has 1 N–H and O–H groups in total. The van der Waals surface area contributed by atoms with Gasteiger partial charge in [-0.25, -0.2) is 9.97 Å². The van der Waals surface area contributed by atoms with Gasteiger partial charge in [-0.15, -0.1) is 0 Å². The number of aromatic nitrogens is 4. The Kier molecular flexibility index (Phi) is 4.85. The van der Waals surface area contributed by atoms with E-state index in [1.54, 1.807) is 11.0 Å². The van der Waals surface area contributed by atoms with Crippen LogP contribution in [0.15, 0.2) is 67.3 Å². The van der Waals surface area contributed by atoms with E-state index in [0.29, 0.717) is 12.1 Å². The third-order valence-electron chi connectivity index (χ3n) is 4.61. The summed E-state index contributed by atoms with van der Waals surface area (Å²) in [5, 5.41) is 7.99. The van der Waals surface area contributed by atoms with Gasteiger partial charge in [0, 0.05) is 17.0 Å². The molecule has 0 saturated carbocycles. The van der Waals surface area contributed by atoms with Crippen molar-refractivity contribution in [3.63, 3.8) is 0 Å². The van der Waals surface area contributed by atoms with Gasteiger partial charge in [0.25, 0.3) is 5.91 Å². The van der Waals surface area contributed by atoms with E-state index >= 15 is 0 Å². The predicted octanol–water partition coefficient (Wildman–Crippen LogP) is 3.62. The molecule has 140 valence electrons. The molecule has 4 rings (SSSR count). The minimum absolute atomic E-state index is 0.0936. The van der Waals surface area contributed by atoms with Crippen LogP contribution in [-0.4, -0.2) is 31.7 Å². The first-order chi connectivity index (χ1) is 13.6. The Balaban J connectivity index is 1.68. The minimum atomic E-state index is -0.125. The van der Waals surface area contributed by atoms with Gasteiger partial charge in [-0.2, -0.15) is 5.10 Å². The van der Waals surface area contributed by atoms with Gasteiger partial charge in [0.2, 0.25) is 0 Å². The lowest BCUT2D eigenvalue weighted by atomic mass is 10.0. The highest BCUT2D eigenvalue weighted by Gasteiger charge is 2.16. The number of aryl methyl sites for hydroxylation is 1. The van der Waals surface area contributed by atoms with Gasteiger partial charge in [0.15, 0.2) is 0 Å². The number of fused-ring (bicyclic) bond motifs is 1. The second-order valence-corrected chi connectivity index (χ2v) is 6.93. The van der Waals surface area contributed by atoms with Crippen LogP contribution in [0.3, 0.4) is 0 Å². The molecule has 2 heterocycles. The quantitative estimate of drug-likeness (QED) is 0.582. The smallest absolute Gasteiger partial charge is 0.252 e. The molecule has 0 spiro atoms. The number of hydrogen-bond acceptors (Lipinski definition) is 4. The van der Waals surface area contributed by atoms with Crippen LogP contribution >= 0.6 is 0 Å². The summed E-state index contributed by atoms with van der Waals surface area (Å²) < 4.78 is 1.70. The fraction of sp³-hybridized carbons (Fsp3) is 0.182. The van der Waals surface area contributed by atoms with E-state index in [0.717, 1.165) is 22.2 Å². The molecule has 0 fully saturated rings. The second kappa shape index (κ2) is 7.60. The number of benzene rings is 2. The lowest BCUT2D eigenvalue weighted by Crippen LogP contribution is -2.36. The second-order valence-electron chi connectivity index (χ2n) is 6.93. The standard InChI is InChI=1S/C22H21N5O/c1-15-7-9-17(10-8-15)21-11-19(18-5-3-4-6-20(18)26-21)22(28)25-16(2)12-27-14-23-13-24-27/h3-11,13-14,16H,12H2,1-2H3,(H,25,28)/t16-/m0/s1. The number of nitrogens with zero attached hydrogens (tertiary/aromatic N) is 4. The Bertz CT molecular complexity index is 1100. The van der Waals surface area contributed by atoms with Crippen LogP contribution in [0.1, 0.15) is 22.8 Å². The van der Waals surface area contributed by atoms with Gasteiger partial charge in [-0.05, 0) is 26.0 Å². The third-order valence-corrected chi connectivity index (χ3v) is 4.61. The number of pyridine rings is 1. The van der Waals surface area contributed by atoms with Crippen molar-refractivity contribution >= 4 is 16.8 Å². The van der Waals surface area contributed by atoms with Crippen LogP contribution in [0.4, 0.5) is 0 Å². The Morgan fingerprint density at radius 3 is 2.68 bits per heavy atom. The molecule has 0 bridgehead atoms. The minimum Gasteiger partial charge on any atom is -0.348 e. The van der Waals surface area contributed by atoms with E-state index < -0.39 is 0 Å². The van der Waals surface area contributed by atoms with Crippen LogP contribution < -0.4 is 5.32 Å². The van der Waals surface area contributed by atoms with Crippen molar-refractivity contribution in [1.82, 2.24) is 25.1 Å². The molecule has 0 aliphatic carbocycles. The molecule has 6 nitrogen and oxygen atoms in total. The average Bonchev–Trinajstić information content (AvgIpc) is 3.20. The molecule has 1 amide bonds. The summed E-state index contributed by atoms with van der Waals surface area (Å²) in [7, 11) is 0. The first-order valence-electron chi connectivity index (χ1n) is 9.20. The zero-order valence-electron chi connectivity index (χ0n) is 15.8. The van der Waals surface area contributed by atoms with Gasteiger partial charge in [0.1, 0.15) is 12.7 Å². The highest BCUT2D eigenvalue weighted by molar-refractivity contribution is 6.07. The number of hydrogen-bond donors (Lipinski definition) is 1. The summed E-state index contributed by atoms with van der Waals surface area (Å²) >= 11 is 0. The lowest BCUT2D eigenvalue weighted by molar-refractivity contribution is 0.0937. The Morgan fingerprint density at radius 1 is 1.14 bits per heavy atom. The van der Waals surface area contributed by atoms with Crippen molar-refractivity contribution in [1.29, 1.82) is 0 Å². The molecule has 0 unspecified atom stereocenters. The molecule has 2 aromatic carbocycles. The Morgan fingerprint density at radius 2 is 1.93 bits per heavy atom. The SMILES string of the molecule is Cc1ccc(-c2cc(C(=O)N[C@@H](C)Cn3cncn3)c3ccccc3n2)cc1. The van der Waals surface area contributed by atoms with E-state index in [1.165, 1.54) is 11.9 Å². The predicted molar refractivity (Wildman–Crippen MR) is 109 cm³/mol. The van der Waals surface area contributed by atoms with E-state index in [9.17, 15) is 4.79 Å². The fourth-order valence-electron chi connectivity index (χ4n) is 3.19. The highest BCUT2D eigenvalue weighted by Crippen LogP contribution is 2.25. The third kappa shape index (κ3) is 3.76. The number of amides is 1. The van der Waals surface area contributed by atoms with Crippen molar-refractivity contribution in [3.8, 4) is 11.3 Å². The summed E-state index contributed by atoms with van der Waals surface area (Å²) in [5.74, 6) is -0.125. The van der Waals surface area contributed by atoms with Crippen molar-refractivity contribution in [2.45, 2.75) is 26.4 Å². The first kappa shape index (κ1) is 17.9. The average molecular weight is 371 g/mol. The van der Waals surface area contributed by atoms with Crippen molar-refractivity contribution in [2.24, 2.45) is 0 Å². The molecular weight excluding hydrogens is 350 g/mol. The summed E-state index contributed by atoms with van der Waals surface area (Å²) in [6, 6.07) is 17.6. The molecule has 2 aromatic heterocycles. The molecule has 6 heteroatoms. The van der Waals surface area contributed by atoms with Gasteiger partial charge in [-0.1, -0.05) is 48.0 Å². The van der Waals surface area contributed by atoms with E-state index in [2.05, 4.69) is 15.4 Å². The van der Waals surface area contributed by atoms with E-state index in [1.807, 2.05) is 68.4 Å². The number of carbonyl (C=O) groups is 1. The van der Waals surface area contributed by atoms with Crippen LogP contribution in [0.25, 0.3) is 22.2 Å². The summed E-state index contributed by atoms with van der Waals surface area (Å²) in [6.07, 6.45) is 3.12. The highest BCUT2D eigenvalue weighted by atomic mass is 16.1. The van der Waals surface area contributed by atoms with E-state index in [-0.39, 0.29) is 11.9 Å². The van der Waals surface area contributed by atoms with Crippen LogP contribution in [0.2, 0.25) is 0 Å². The van der Waals surface area contributed by atoms with Gasteiger partial charge < -0.3 is 5.32 Å². The topological polar surface area (TPSA) is 72.7 Å². The molecule has 0 aliphatic rings. The van der Waals surface area contributed by atoms with Gasteiger partial charge >= 0.3 is 0 Å². The molecule has 28 heavy (non-hydrogen) atoms. The largest absolute Gasteiger partial charge is 0.348 e. The van der Waals surface area contributed by atoms with Crippen molar-refractivity contribution in [2.75, 3.05) is 0 Å². The molecule has 0 aliphatic heterocycles. The van der Waals surface area contributed by atoms with Crippen molar-refractivity contribution in [3.05, 3.63) is 78.4 Å². The summed E-state index contributed by atoms with van der Waals surface area (Å²) in [5.41, 5.74) is 4.37. The maximum atomic E-state index is 13.1. The summed E-state index contributed by atoms with van der Waals surface area (Å²) in [4.78, 5) is 21.7. The lowest BCUT2D eigenvalue weighted by Gasteiger charge is -2.15. The monoisotopic (exact) mass is 371 g/mol. The van der Waals surface area contributed by atoms with Gasteiger partial charge in [0.05, 0.1) is 23.3 Å². The maximum Gasteiger partial charge on any atom is 0.252 e. The van der Waals surface area contributed by atoms with Crippen LogP contribution in [0.5, 0.6) is 0 Å². The van der Waals surface area contributed by atoms with E-state index in [4.69, 9.17) is 4.98 Å². The summed E-state index contributed by atoms with van der Waals surface area (Å²) in [6.45, 7) is 4.55. The molecule has 0 radical (unpaired) electrons. The number of para-hydroxylation sites is 1. The normalized spacial score (nSPS) is 12.1. The van der Waals surface area contributed by atoms with Crippen LogP contribution in [-0.2, 0) is 6.54 Å². The number of carbonyl (C=O) groups excluding carboxylic acids is 1. The zero-order chi connectivity index (χ0) is 19.5. The fourth-order valence-corrected chi connectivity index (χ4v) is 3.19. The molecule has 4 aromatic rings. The van der Waals surface area contributed by atoms with Gasteiger partial charge in [-0.3, -0.25) is 9.48 Å². The Hall–Kier alpha value is -3.54. The molecular formula is C22H21N5O. The molecule has 1 atom stereocenters. The molecule has 0 saturated heterocycles. The van der Waals surface area contributed by atoms with Crippen LogP contribution in [0, 0.1) is 6.92 Å². The maximum absolute atomic E-state index is 13.1. The Labute approximate surface area is 163 Å². The first-order valence-corrected chi connectivity index (χ1v) is 9.20. The number of nitrogens with one attached hydrogen (secondary N) is 1.